The van der Waals surface area contributed by atoms with Gasteiger partial charge in [-0.3, -0.25) is 0 Å². The predicted molar refractivity (Wildman–Crippen MR) is 39.3 cm³/mol. The van der Waals surface area contributed by atoms with E-state index in [1.54, 1.807) is 0 Å². The highest BCUT2D eigenvalue weighted by molar-refractivity contribution is 6.13. The molecule has 0 saturated heterocycles. The van der Waals surface area contributed by atoms with E-state index in [2.05, 4.69) is 0 Å². The summed E-state index contributed by atoms with van der Waals surface area (Å²) < 4.78 is 0. The lowest BCUT2D eigenvalue weighted by molar-refractivity contribution is 0.448. The molecule has 3 heteroatoms. The number of hydrogen-bond donors (Lipinski definition) is 2. The van der Waals surface area contributed by atoms with E-state index in [4.69, 9.17) is 10.0 Å². The van der Waals surface area contributed by atoms with Crippen LogP contribution in [0.4, 0.5) is 0 Å². The van der Waals surface area contributed by atoms with Gasteiger partial charge >= 0.3 is 7.69 Å². The molecule has 9 heavy (non-hydrogen) atoms. The maximum absolute atomic E-state index is 7.12. The zero-order valence-corrected chi connectivity index (χ0v) is 5.84. The van der Waals surface area contributed by atoms with E-state index >= 15 is 0 Å². The first-order valence-corrected chi connectivity index (χ1v) is 3.63. The van der Waals surface area contributed by atoms with Crippen molar-refractivity contribution >= 4 is 7.69 Å². The molecular weight excluding hydrogens is 115 g/mol. The molecule has 0 atom stereocenters. The molecule has 0 heterocycles. The summed E-state index contributed by atoms with van der Waals surface area (Å²) in [5, 5.41) is 14.2. The van der Waals surface area contributed by atoms with Crippen LogP contribution < -0.4 is 0 Å². The van der Waals surface area contributed by atoms with Gasteiger partial charge in [-0.15, -0.1) is 0 Å². The van der Waals surface area contributed by atoms with Crippen molar-refractivity contribution in [1.82, 2.24) is 0 Å². The Labute approximate surface area is 57.2 Å². The molecule has 0 aromatic carbocycles. The Bertz CT molecular complexity index is 34.8. The molecule has 0 spiro atoms. The molecule has 0 unspecified atom stereocenters. The molecule has 1 fully saturated rings. The summed E-state index contributed by atoms with van der Waals surface area (Å²) in [6.45, 7) is 0. The highest BCUT2D eigenvalue weighted by Crippen LogP contribution is 2.15. The zero-order valence-electron chi connectivity index (χ0n) is 5.84. The fourth-order valence-electron chi connectivity index (χ4n) is 1.06. The highest BCUT2D eigenvalue weighted by Gasteiger charge is 1.95. The van der Waals surface area contributed by atoms with Gasteiger partial charge in [0.25, 0.3) is 0 Å². The Hall–Kier alpha value is -0.0151. The van der Waals surface area contributed by atoms with Crippen molar-refractivity contribution in [2.75, 3.05) is 0 Å². The Morgan fingerprint density at radius 1 is 0.667 bits per heavy atom. The average molecular weight is 130 g/mol. The monoisotopic (exact) mass is 130 g/mol. The highest BCUT2D eigenvalue weighted by atomic mass is 16.4. The van der Waals surface area contributed by atoms with Crippen molar-refractivity contribution in [2.45, 2.75) is 38.5 Å². The molecule has 0 aromatic rings. The van der Waals surface area contributed by atoms with Gasteiger partial charge in [0.05, 0.1) is 0 Å². The lowest BCUT2D eigenvalue weighted by Crippen LogP contribution is -1.85. The van der Waals surface area contributed by atoms with Gasteiger partial charge in [-0.1, -0.05) is 38.5 Å². The lowest BCUT2D eigenvalue weighted by atomic mass is 10.0. The van der Waals surface area contributed by atoms with Gasteiger partial charge in [-0.05, 0) is 0 Å². The summed E-state index contributed by atoms with van der Waals surface area (Å²) >= 11 is 0. The van der Waals surface area contributed by atoms with Crippen molar-refractivity contribution in [3.05, 3.63) is 0 Å². The van der Waals surface area contributed by atoms with Crippen molar-refractivity contribution in [2.24, 2.45) is 0 Å². The third-order valence-electron chi connectivity index (χ3n) is 1.50. The van der Waals surface area contributed by atoms with Crippen LogP contribution in [0.25, 0.3) is 0 Å². The first kappa shape index (κ1) is 8.98. The molecule has 2 nitrogen and oxygen atoms in total. The molecule has 0 aromatic heterocycles. The topological polar surface area (TPSA) is 40.5 Å². The van der Waals surface area contributed by atoms with Crippen LogP contribution in [0, 0.1) is 0 Å². The van der Waals surface area contributed by atoms with E-state index in [0.29, 0.717) is 0 Å². The van der Waals surface area contributed by atoms with Crippen LogP contribution >= 0.6 is 0 Å². The van der Waals surface area contributed by atoms with Gasteiger partial charge in [-0.2, -0.15) is 0 Å². The minimum absolute atomic E-state index is 0.750. The SMILES string of the molecule is C1CCCCC1.OBO. The summed E-state index contributed by atoms with van der Waals surface area (Å²) in [5.41, 5.74) is 0. The Kier molecular flexibility index (Phi) is 7.97. The van der Waals surface area contributed by atoms with E-state index in [9.17, 15) is 0 Å². The molecule has 0 amide bonds. The lowest BCUT2D eigenvalue weighted by Gasteiger charge is -2.05. The van der Waals surface area contributed by atoms with E-state index < -0.39 is 7.69 Å². The second-order valence-electron chi connectivity index (χ2n) is 2.26. The van der Waals surface area contributed by atoms with Crippen LogP contribution in [-0.2, 0) is 0 Å². The fourth-order valence-corrected chi connectivity index (χ4v) is 1.06. The second kappa shape index (κ2) is 7.98. The van der Waals surface area contributed by atoms with Crippen LogP contribution in [0.2, 0.25) is 0 Å². The van der Waals surface area contributed by atoms with Crippen LogP contribution in [0.3, 0.4) is 0 Å². The second-order valence-corrected chi connectivity index (χ2v) is 2.26. The Morgan fingerprint density at radius 3 is 0.889 bits per heavy atom. The maximum atomic E-state index is 7.12. The third-order valence-corrected chi connectivity index (χ3v) is 1.50. The van der Waals surface area contributed by atoms with Crippen molar-refractivity contribution in [1.29, 1.82) is 0 Å². The number of hydrogen-bond acceptors (Lipinski definition) is 2. The zero-order chi connectivity index (χ0) is 6.95. The molecule has 1 aliphatic carbocycles. The van der Waals surface area contributed by atoms with Gasteiger partial charge in [-0.25, -0.2) is 0 Å². The molecule has 1 rings (SSSR count). The molecule has 0 radical (unpaired) electrons. The Balaban J connectivity index is 0.000000187. The van der Waals surface area contributed by atoms with Crippen LogP contribution in [-0.4, -0.2) is 17.7 Å². The molecule has 54 valence electrons. The molecular formula is C6H15BO2. The molecule has 0 bridgehead atoms. The summed E-state index contributed by atoms with van der Waals surface area (Å²) in [5.74, 6) is 0. The van der Waals surface area contributed by atoms with Crippen molar-refractivity contribution in [3.63, 3.8) is 0 Å². The Morgan fingerprint density at radius 2 is 0.778 bits per heavy atom. The summed E-state index contributed by atoms with van der Waals surface area (Å²) in [7, 11) is -0.750. The van der Waals surface area contributed by atoms with Gasteiger partial charge in [0.1, 0.15) is 0 Å². The maximum Gasteiger partial charge on any atom is 0.432 e. The molecule has 1 saturated carbocycles. The predicted octanol–water partition coefficient (Wildman–Crippen LogP) is 0.578. The van der Waals surface area contributed by atoms with E-state index in [-0.39, 0.29) is 0 Å². The van der Waals surface area contributed by atoms with E-state index in [1.807, 2.05) is 0 Å². The first-order chi connectivity index (χ1) is 4.41. The van der Waals surface area contributed by atoms with Gasteiger partial charge in [0.15, 0.2) is 0 Å². The van der Waals surface area contributed by atoms with Crippen molar-refractivity contribution < 1.29 is 10.0 Å². The molecule has 2 N–H and O–H groups in total. The minimum Gasteiger partial charge on any atom is -0.430 e. The normalized spacial score (nSPS) is 17.6. The summed E-state index contributed by atoms with van der Waals surface area (Å²) in [6.07, 6.45) is 9.00. The van der Waals surface area contributed by atoms with Crippen molar-refractivity contribution in [3.8, 4) is 0 Å². The standard InChI is InChI=1S/C6H12.BH3O2/c1-2-4-6-5-3-1;2-1-3/h1-6H2;1-3H. The van der Waals surface area contributed by atoms with E-state index in [1.165, 1.54) is 38.5 Å². The third kappa shape index (κ3) is 7.98. The average Bonchev–Trinajstić information content (AvgIpc) is 1.93. The number of rotatable bonds is 0. The molecule has 1 aliphatic rings. The quantitative estimate of drug-likeness (QED) is 0.471. The van der Waals surface area contributed by atoms with Crippen LogP contribution in [0.1, 0.15) is 38.5 Å². The summed E-state index contributed by atoms with van der Waals surface area (Å²) in [6, 6.07) is 0. The summed E-state index contributed by atoms with van der Waals surface area (Å²) in [4.78, 5) is 0. The van der Waals surface area contributed by atoms with Crippen LogP contribution in [0.5, 0.6) is 0 Å². The largest absolute Gasteiger partial charge is 0.432 e. The van der Waals surface area contributed by atoms with E-state index in [0.717, 1.165) is 0 Å². The van der Waals surface area contributed by atoms with Crippen LogP contribution in [0.15, 0.2) is 0 Å². The van der Waals surface area contributed by atoms with Gasteiger partial charge in [0, 0.05) is 0 Å². The molecule has 0 aliphatic heterocycles. The smallest absolute Gasteiger partial charge is 0.430 e. The van der Waals surface area contributed by atoms with Gasteiger partial charge in [0.2, 0.25) is 0 Å². The first-order valence-electron chi connectivity index (χ1n) is 3.63. The van der Waals surface area contributed by atoms with Gasteiger partial charge < -0.3 is 10.0 Å². The fraction of sp³-hybridized carbons (Fsp3) is 1.00. The minimum atomic E-state index is -0.750.